The minimum Gasteiger partial charge on any atom is -0.298 e. The SMILES string of the molecule is CC(C)(C)N1CCC(Cc2ccc(N=[N+]=[N-])cc2N=[N+]=[N-])CC1. The Morgan fingerprint density at radius 1 is 1.13 bits per heavy atom. The molecular formula is C16H23N7. The number of benzene rings is 1. The molecule has 1 saturated heterocycles. The van der Waals surface area contributed by atoms with Crippen LogP contribution in [0.25, 0.3) is 20.9 Å². The van der Waals surface area contributed by atoms with Gasteiger partial charge in [0.25, 0.3) is 0 Å². The molecule has 2 rings (SSSR count). The summed E-state index contributed by atoms with van der Waals surface area (Å²) in [4.78, 5) is 8.17. The van der Waals surface area contributed by atoms with E-state index in [1.807, 2.05) is 6.07 Å². The van der Waals surface area contributed by atoms with E-state index in [-0.39, 0.29) is 5.54 Å². The highest BCUT2D eigenvalue weighted by molar-refractivity contribution is 5.55. The van der Waals surface area contributed by atoms with Gasteiger partial charge in [0.2, 0.25) is 0 Å². The van der Waals surface area contributed by atoms with Crippen molar-refractivity contribution in [1.82, 2.24) is 4.90 Å². The van der Waals surface area contributed by atoms with E-state index in [9.17, 15) is 0 Å². The lowest BCUT2D eigenvalue weighted by atomic mass is 9.87. The van der Waals surface area contributed by atoms with Crippen LogP contribution in [0.3, 0.4) is 0 Å². The monoisotopic (exact) mass is 313 g/mol. The van der Waals surface area contributed by atoms with Crippen LogP contribution in [0.4, 0.5) is 11.4 Å². The molecule has 0 aliphatic carbocycles. The predicted molar refractivity (Wildman–Crippen MR) is 91.8 cm³/mol. The summed E-state index contributed by atoms with van der Waals surface area (Å²) in [6, 6.07) is 5.33. The van der Waals surface area contributed by atoms with Gasteiger partial charge in [-0.25, -0.2) is 0 Å². The van der Waals surface area contributed by atoms with E-state index in [4.69, 9.17) is 11.1 Å². The van der Waals surface area contributed by atoms with E-state index in [2.05, 4.69) is 45.7 Å². The molecule has 0 radical (unpaired) electrons. The number of azide groups is 2. The topological polar surface area (TPSA) is 101 Å². The van der Waals surface area contributed by atoms with Gasteiger partial charge in [0.1, 0.15) is 0 Å². The first-order valence-electron chi connectivity index (χ1n) is 7.92. The molecule has 122 valence electrons. The minimum atomic E-state index is 0.220. The van der Waals surface area contributed by atoms with Crippen molar-refractivity contribution in [3.63, 3.8) is 0 Å². The van der Waals surface area contributed by atoms with E-state index in [0.717, 1.165) is 37.9 Å². The Kier molecular flexibility index (Phi) is 5.50. The lowest BCUT2D eigenvalue weighted by Gasteiger charge is -2.41. The largest absolute Gasteiger partial charge is 0.298 e. The quantitative estimate of drug-likeness (QED) is 0.402. The first-order chi connectivity index (χ1) is 10.9. The molecule has 0 aromatic heterocycles. The molecule has 7 nitrogen and oxygen atoms in total. The van der Waals surface area contributed by atoms with Crippen LogP contribution in [-0.4, -0.2) is 23.5 Å². The average molecular weight is 313 g/mol. The summed E-state index contributed by atoms with van der Waals surface area (Å²) < 4.78 is 0. The Labute approximate surface area is 136 Å². The second-order valence-corrected chi connectivity index (χ2v) is 7.00. The first kappa shape index (κ1) is 17.2. The third-order valence-electron chi connectivity index (χ3n) is 4.45. The van der Waals surface area contributed by atoms with Gasteiger partial charge in [-0.2, -0.15) is 0 Å². The maximum atomic E-state index is 8.74. The summed E-state index contributed by atoms with van der Waals surface area (Å²) in [7, 11) is 0. The van der Waals surface area contributed by atoms with Crippen molar-refractivity contribution in [1.29, 1.82) is 0 Å². The maximum absolute atomic E-state index is 8.74. The standard InChI is InChI=1S/C16H23N7/c1-16(2,3)23-8-6-12(7-9-23)10-13-4-5-14(19-21-17)11-15(13)20-22-18/h4-5,11-12H,6-10H2,1-3H3. The molecule has 1 aliphatic rings. The lowest BCUT2D eigenvalue weighted by molar-refractivity contribution is 0.0876. The molecule has 1 aliphatic heterocycles. The summed E-state index contributed by atoms with van der Waals surface area (Å²) in [6.45, 7) is 8.95. The van der Waals surface area contributed by atoms with Crippen LogP contribution in [0.15, 0.2) is 28.4 Å². The van der Waals surface area contributed by atoms with Gasteiger partial charge in [0, 0.05) is 26.7 Å². The highest BCUT2D eigenvalue weighted by Crippen LogP contribution is 2.32. The number of likely N-dealkylation sites (tertiary alicyclic amines) is 1. The molecule has 1 aromatic carbocycles. The van der Waals surface area contributed by atoms with Crippen LogP contribution >= 0.6 is 0 Å². The second-order valence-electron chi connectivity index (χ2n) is 7.00. The van der Waals surface area contributed by atoms with Gasteiger partial charge >= 0.3 is 0 Å². The zero-order valence-electron chi connectivity index (χ0n) is 14.0. The highest BCUT2D eigenvalue weighted by Gasteiger charge is 2.27. The van der Waals surface area contributed by atoms with Crippen LogP contribution in [-0.2, 0) is 6.42 Å². The Morgan fingerprint density at radius 2 is 1.78 bits per heavy atom. The minimum absolute atomic E-state index is 0.220. The van der Waals surface area contributed by atoms with E-state index in [1.54, 1.807) is 12.1 Å². The van der Waals surface area contributed by atoms with Crippen LogP contribution in [0.1, 0.15) is 39.2 Å². The van der Waals surface area contributed by atoms with Crippen molar-refractivity contribution in [2.24, 2.45) is 16.1 Å². The zero-order valence-corrected chi connectivity index (χ0v) is 14.0. The maximum Gasteiger partial charge on any atom is 0.0412 e. The Morgan fingerprint density at radius 3 is 2.35 bits per heavy atom. The Balaban J connectivity index is 2.09. The molecule has 0 spiro atoms. The number of hydrogen-bond donors (Lipinski definition) is 0. The molecule has 0 amide bonds. The van der Waals surface area contributed by atoms with Gasteiger partial charge in [-0.05, 0) is 81.7 Å². The van der Waals surface area contributed by atoms with Crippen LogP contribution in [0, 0.1) is 5.92 Å². The molecule has 7 heteroatoms. The summed E-state index contributed by atoms with van der Waals surface area (Å²) in [6.07, 6.45) is 3.18. The second kappa shape index (κ2) is 7.38. The van der Waals surface area contributed by atoms with Gasteiger partial charge in [0.15, 0.2) is 0 Å². The summed E-state index contributed by atoms with van der Waals surface area (Å²) in [5, 5.41) is 7.32. The molecule has 23 heavy (non-hydrogen) atoms. The van der Waals surface area contributed by atoms with Crippen LogP contribution in [0.2, 0.25) is 0 Å². The number of rotatable bonds is 4. The van der Waals surface area contributed by atoms with Crippen molar-refractivity contribution in [3.05, 3.63) is 44.6 Å². The van der Waals surface area contributed by atoms with Crippen LogP contribution in [0.5, 0.6) is 0 Å². The van der Waals surface area contributed by atoms with E-state index >= 15 is 0 Å². The normalized spacial score (nSPS) is 16.5. The predicted octanol–water partition coefficient (Wildman–Crippen LogP) is 5.62. The van der Waals surface area contributed by atoms with Gasteiger partial charge in [0.05, 0.1) is 0 Å². The molecule has 1 aromatic rings. The van der Waals surface area contributed by atoms with Crippen molar-refractivity contribution in [2.45, 2.75) is 45.6 Å². The number of hydrogen-bond acceptors (Lipinski definition) is 3. The summed E-state index contributed by atoms with van der Waals surface area (Å²) in [5.41, 5.74) is 19.5. The Hall–Kier alpha value is -2.20. The summed E-state index contributed by atoms with van der Waals surface area (Å²) >= 11 is 0. The molecule has 1 heterocycles. The number of nitrogens with zero attached hydrogens (tertiary/aromatic N) is 7. The van der Waals surface area contributed by atoms with Gasteiger partial charge in [-0.1, -0.05) is 22.4 Å². The fourth-order valence-corrected chi connectivity index (χ4v) is 3.10. The number of piperidine rings is 1. The van der Waals surface area contributed by atoms with Gasteiger partial charge in [-0.3, -0.25) is 4.90 Å². The smallest absolute Gasteiger partial charge is 0.0412 e. The van der Waals surface area contributed by atoms with Crippen molar-refractivity contribution < 1.29 is 0 Å². The third-order valence-corrected chi connectivity index (χ3v) is 4.45. The summed E-state index contributed by atoms with van der Waals surface area (Å²) in [5.74, 6) is 0.589. The van der Waals surface area contributed by atoms with Crippen molar-refractivity contribution in [2.75, 3.05) is 13.1 Å². The fourth-order valence-electron chi connectivity index (χ4n) is 3.10. The average Bonchev–Trinajstić information content (AvgIpc) is 2.50. The van der Waals surface area contributed by atoms with Crippen LogP contribution < -0.4 is 0 Å². The van der Waals surface area contributed by atoms with E-state index in [0.29, 0.717) is 17.3 Å². The molecule has 1 fully saturated rings. The molecule has 0 N–H and O–H groups in total. The van der Waals surface area contributed by atoms with Gasteiger partial charge < -0.3 is 0 Å². The molecule has 0 unspecified atom stereocenters. The highest BCUT2D eigenvalue weighted by atomic mass is 15.2. The molecular weight excluding hydrogens is 290 g/mol. The zero-order chi connectivity index (χ0) is 16.9. The molecule has 0 saturated carbocycles. The van der Waals surface area contributed by atoms with E-state index in [1.165, 1.54) is 0 Å². The molecule has 0 atom stereocenters. The Bertz CT molecular complexity index is 641. The lowest BCUT2D eigenvalue weighted by Crippen LogP contribution is -2.46. The van der Waals surface area contributed by atoms with Gasteiger partial charge in [-0.15, -0.1) is 0 Å². The van der Waals surface area contributed by atoms with E-state index < -0.39 is 0 Å². The first-order valence-corrected chi connectivity index (χ1v) is 7.92. The third kappa shape index (κ3) is 4.63. The van der Waals surface area contributed by atoms with Crippen molar-refractivity contribution in [3.8, 4) is 0 Å². The molecule has 0 bridgehead atoms. The van der Waals surface area contributed by atoms with Crippen molar-refractivity contribution >= 4 is 11.4 Å². The fraction of sp³-hybridized carbons (Fsp3) is 0.625.